The first kappa shape index (κ1) is 23.7. The maximum absolute atomic E-state index is 12.6. The van der Waals surface area contributed by atoms with Gasteiger partial charge in [0.2, 0.25) is 10.0 Å². The van der Waals surface area contributed by atoms with Crippen molar-refractivity contribution in [2.75, 3.05) is 19.5 Å². The second-order valence-corrected chi connectivity index (χ2v) is 9.59. The molecule has 0 fully saturated rings. The molecule has 0 saturated heterocycles. The number of carbonyl (C=O) groups is 1. The summed E-state index contributed by atoms with van der Waals surface area (Å²) in [6.07, 6.45) is 0.678. The molecule has 0 aliphatic carbocycles. The highest BCUT2D eigenvalue weighted by Gasteiger charge is 2.18. The predicted octanol–water partition coefficient (Wildman–Crippen LogP) is 4.16. The maximum Gasteiger partial charge on any atom is 0.257 e. The summed E-state index contributed by atoms with van der Waals surface area (Å²) in [4.78, 5) is 17.2. The lowest BCUT2D eigenvalue weighted by Gasteiger charge is -2.12. The molecule has 0 radical (unpaired) electrons. The number of benzene rings is 2. The van der Waals surface area contributed by atoms with Gasteiger partial charge in [-0.1, -0.05) is 6.92 Å². The molecule has 32 heavy (non-hydrogen) atoms. The van der Waals surface area contributed by atoms with Gasteiger partial charge in [-0.05, 0) is 55.8 Å². The fourth-order valence-electron chi connectivity index (χ4n) is 2.84. The fraction of sp³-hybridized carbons (Fsp3) is 0.273. The highest BCUT2D eigenvalue weighted by atomic mass is 32.2. The largest absolute Gasteiger partial charge is 0.497 e. The van der Waals surface area contributed by atoms with Crippen molar-refractivity contribution in [3.8, 4) is 22.8 Å². The van der Waals surface area contributed by atoms with E-state index in [1.165, 1.54) is 35.6 Å². The number of methoxy groups -OCH3 is 2. The van der Waals surface area contributed by atoms with Crippen LogP contribution in [-0.2, 0) is 10.0 Å². The molecule has 3 rings (SSSR count). The van der Waals surface area contributed by atoms with Gasteiger partial charge in [-0.15, -0.1) is 11.3 Å². The topological polar surface area (TPSA) is 107 Å². The van der Waals surface area contributed by atoms with Crippen LogP contribution >= 0.6 is 11.3 Å². The molecule has 170 valence electrons. The van der Waals surface area contributed by atoms with Crippen LogP contribution in [0.3, 0.4) is 0 Å². The fourth-order valence-corrected chi connectivity index (χ4v) is 4.87. The molecule has 0 aliphatic rings. The predicted molar refractivity (Wildman–Crippen MR) is 125 cm³/mol. The Morgan fingerprint density at radius 2 is 1.84 bits per heavy atom. The Kier molecular flexibility index (Phi) is 7.49. The summed E-state index contributed by atoms with van der Waals surface area (Å²) in [6, 6.07) is 11.0. The number of nitrogens with zero attached hydrogens (tertiary/aromatic N) is 1. The molecular weight excluding hydrogens is 450 g/mol. The third kappa shape index (κ3) is 5.45. The number of hydrogen-bond acceptors (Lipinski definition) is 7. The minimum Gasteiger partial charge on any atom is -0.497 e. The molecule has 0 aliphatic heterocycles. The van der Waals surface area contributed by atoms with Crippen LogP contribution in [0.15, 0.2) is 52.7 Å². The van der Waals surface area contributed by atoms with Crippen LogP contribution in [0.5, 0.6) is 11.5 Å². The molecule has 1 heterocycles. The number of carbonyl (C=O) groups excluding carboxylic acids is 1. The number of hydrogen-bond donors (Lipinski definition) is 2. The van der Waals surface area contributed by atoms with Crippen molar-refractivity contribution in [3.05, 3.63) is 53.4 Å². The number of amides is 1. The molecular formula is C22H25N3O5S2. The molecule has 1 aromatic heterocycles. The molecule has 1 atom stereocenters. The summed E-state index contributed by atoms with van der Waals surface area (Å²) in [5.41, 5.74) is 1.70. The molecule has 2 aromatic carbocycles. The van der Waals surface area contributed by atoms with Gasteiger partial charge in [-0.25, -0.2) is 18.1 Å². The normalized spacial score (nSPS) is 12.2. The number of aromatic nitrogens is 1. The molecule has 0 saturated carbocycles. The summed E-state index contributed by atoms with van der Waals surface area (Å²) in [5, 5.41) is 4.96. The first-order chi connectivity index (χ1) is 15.3. The lowest BCUT2D eigenvalue weighted by atomic mass is 10.1. The van der Waals surface area contributed by atoms with Crippen molar-refractivity contribution in [1.82, 2.24) is 9.71 Å². The van der Waals surface area contributed by atoms with Gasteiger partial charge in [-0.2, -0.15) is 0 Å². The van der Waals surface area contributed by atoms with Crippen LogP contribution in [0.2, 0.25) is 0 Å². The van der Waals surface area contributed by atoms with E-state index in [0.717, 1.165) is 5.56 Å². The second kappa shape index (κ2) is 10.1. The zero-order chi connectivity index (χ0) is 23.3. The van der Waals surface area contributed by atoms with E-state index in [4.69, 9.17) is 9.47 Å². The van der Waals surface area contributed by atoms with Crippen molar-refractivity contribution >= 4 is 32.4 Å². The molecule has 10 heteroatoms. The number of sulfonamides is 1. The molecule has 8 nitrogen and oxygen atoms in total. The van der Waals surface area contributed by atoms with Gasteiger partial charge in [0.25, 0.3) is 5.91 Å². The smallest absolute Gasteiger partial charge is 0.257 e. The van der Waals surface area contributed by atoms with Gasteiger partial charge in [0, 0.05) is 22.5 Å². The van der Waals surface area contributed by atoms with Crippen LogP contribution in [0.4, 0.5) is 5.13 Å². The lowest BCUT2D eigenvalue weighted by molar-refractivity contribution is 0.102. The molecule has 0 spiro atoms. The zero-order valence-corrected chi connectivity index (χ0v) is 19.8. The highest BCUT2D eigenvalue weighted by molar-refractivity contribution is 7.89. The first-order valence-corrected chi connectivity index (χ1v) is 12.2. The summed E-state index contributed by atoms with van der Waals surface area (Å²) < 4.78 is 38.0. The van der Waals surface area contributed by atoms with Gasteiger partial charge < -0.3 is 9.47 Å². The highest BCUT2D eigenvalue weighted by Crippen LogP contribution is 2.35. The van der Waals surface area contributed by atoms with E-state index in [-0.39, 0.29) is 16.8 Å². The van der Waals surface area contributed by atoms with Gasteiger partial charge in [0.15, 0.2) is 5.13 Å². The summed E-state index contributed by atoms with van der Waals surface area (Å²) >= 11 is 1.27. The summed E-state index contributed by atoms with van der Waals surface area (Å²) in [7, 11) is -0.476. The van der Waals surface area contributed by atoms with E-state index >= 15 is 0 Å². The third-order valence-corrected chi connectivity index (χ3v) is 7.17. The Balaban J connectivity index is 1.75. The molecule has 0 bridgehead atoms. The van der Waals surface area contributed by atoms with Gasteiger partial charge in [0.1, 0.15) is 11.5 Å². The Labute approximate surface area is 191 Å². The minimum atomic E-state index is -3.63. The number of nitrogens with one attached hydrogen (secondary N) is 2. The average molecular weight is 476 g/mol. The van der Waals surface area contributed by atoms with Crippen LogP contribution in [0, 0.1) is 0 Å². The Morgan fingerprint density at radius 1 is 1.12 bits per heavy atom. The SMILES string of the molecule is CCC(C)NS(=O)(=O)c1ccc(C(=O)Nc2nc(-c3cc(OC)ccc3OC)cs2)cc1. The lowest BCUT2D eigenvalue weighted by Crippen LogP contribution is -2.32. The number of ether oxygens (including phenoxy) is 2. The Hall–Kier alpha value is -2.95. The van der Waals surface area contributed by atoms with E-state index in [1.807, 2.05) is 18.4 Å². The number of rotatable bonds is 9. The van der Waals surface area contributed by atoms with E-state index in [2.05, 4.69) is 15.0 Å². The second-order valence-electron chi connectivity index (χ2n) is 7.01. The standard InChI is InChI=1S/C22H25N3O5S2/c1-5-14(2)25-32(27,28)17-9-6-15(7-10-17)21(26)24-22-23-19(13-31-22)18-12-16(29-3)8-11-20(18)30-4/h6-14,25H,5H2,1-4H3,(H,23,24,26). The van der Waals surface area contributed by atoms with Crippen LogP contribution in [0.1, 0.15) is 30.6 Å². The van der Waals surface area contributed by atoms with E-state index in [9.17, 15) is 13.2 Å². The Bertz CT molecular complexity index is 1190. The summed E-state index contributed by atoms with van der Waals surface area (Å²) in [6.45, 7) is 3.69. The molecule has 1 unspecified atom stereocenters. The monoisotopic (exact) mass is 475 g/mol. The number of anilines is 1. The Morgan fingerprint density at radius 3 is 2.47 bits per heavy atom. The minimum absolute atomic E-state index is 0.107. The quantitative estimate of drug-likeness (QED) is 0.481. The molecule has 3 aromatic rings. The van der Waals surface area contributed by atoms with Gasteiger partial charge in [-0.3, -0.25) is 10.1 Å². The van der Waals surface area contributed by atoms with Crippen molar-refractivity contribution < 1.29 is 22.7 Å². The third-order valence-electron chi connectivity index (χ3n) is 4.80. The van der Waals surface area contributed by atoms with Crippen LogP contribution < -0.4 is 19.5 Å². The van der Waals surface area contributed by atoms with Crippen LogP contribution in [0.25, 0.3) is 11.3 Å². The van der Waals surface area contributed by atoms with Gasteiger partial charge in [0.05, 0.1) is 24.8 Å². The average Bonchev–Trinajstić information content (AvgIpc) is 3.26. The maximum atomic E-state index is 12.6. The van der Waals surface area contributed by atoms with Crippen molar-refractivity contribution in [2.24, 2.45) is 0 Å². The molecule has 2 N–H and O–H groups in total. The van der Waals surface area contributed by atoms with Crippen molar-refractivity contribution in [1.29, 1.82) is 0 Å². The molecule has 1 amide bonds. The van der Waals surface area contributed by atoms with E-state index < -0.39 is 10.0 Å². The van der Waals surface area contributed by atoms with E-state index in [0.29, 0.717) is 34.3 Å². The van der Waals surface area contributed by atoms with Crippen molar-refractivity contribution in [3.63, 3.8) is 0 Å². The van der Waals surface area contributed by atoms with E-state index in [1.54, 1.807) is 33.3 Å². The zero-order valence-electron chi connectivity index (χ0n) is 18.2. The van der Waals surface area contributed by atoms with Crippen molar-refractivity contribution in [2.45, 2.75) is 31.2 Å². The number of thiazole rings is 1. The van der Waals surface area contributed by atoms with Crippen LogP contribution in [-0.4, -0.2) is 39.6 Å². The first-order valence-electron chi connectivity index (χ1n) is 9.89. The van der Waals surface area contributed by atoms with Gasteiger partial charge >= 0.3 is 0 Å². The summed E-state index contributed by atoms with van der Waals surface area (Å²) in [5.74, 6) is 0.913.